The van der Waals surface area contributed by atoms with Crippen molar-refractivity contribution in [3.63, 3.8) is 0 Å². The number of hydrogen-bond acceptors (Lipinski definition) is 4. The lowest BCUT2D eigenvalue weighted by Gasteiger charge is -2.32. The van der Waals surface area contributed by atoms with Crippen LogP contribution in [0.4, 0.5) is 0 Å². The highest BCUT2D eigenvalue weighted by Gasteiger charge is 2.34. The zero-order valence-corrected chi connectivity index (χ0v) is 13.2. The molecule has 0 saturated carbocycles. The van der Waals surface area contributed by atoms with E-state index in [9.17, 15) is 4.79 Å². The van der Waals surface area contributed by atoms with Gasteiger partial charge >= 0.3 is 0 Å². The molecule has 1 aromatic carbocycles. The van der Waals surface area contributed by atoms with Gasteiger partial charge in [-0.1, -0.05) is 19.1 Å². The number of carbonyl (C=O) groups excluding carboxylic acids is 1. The third-order valence-corrected chi connectivity index (χ3v) is 4.52. The van der Waals surface area contributed by atoms with Gasteiger partial charge in [-0.2, -0.15) is 0 Å². The molecule has 1 unspecified atom stereocenters. The van der Waals surface area contributed by atoms with E-state index in [1.165, 1.54) is 0 Å². The van der Waals surface area contributed by atoms with Crippen molar-refractivity contribution in [2.24, 2.45) is 11.8 Å². The Morgan fingerprint density at radius 3 is 2.77 bits per heavy atom. The number of para-hydroxylation sites is 2. The number of hydrogen-bond donors (Lipinski definition) is 1. The van der Waals surface area contributed by atoms with E-state index in [0.29, 0.717) is 25.6 Å². The quantitative estimate of drug-likeness (QED) is 0.916. The van der Waals surface area contributed by atoms with E-state index in [1.807, 2.05) is 36.1 Å². The number of carbonyl (C=O) groups is 1. The Kier molecular flexibility index (Phi) is 4.52. The number of fused-ring (bicyclic) bond motifs is 1. The normalized spacial score (nSPS) is 26.7. The summed E-state index contributed by atoms with van der Waals surface area (Å²) in [5.74, 6) is 2.24. The topological polar surface area (TPSA) is 50.8 Å². The van der Waals surface area contributed by atoms with E-state index in [4.69, 9.17) is 9.47 Å². The van der Waals surface area contributed by atoms with Crippen LogP contribution in [-0.2, 0) is 4.79 Å². The maximum atomic E-state index is 12.7. The second-order valence-corrected chi connectivity index (χ2v) is 6.12. The minimum absolute atomic E-state index is 0.0803. The second kappa shape index (κ2) is 6.57. The van der Waals surface area contributed by atoms with Gasteiger partial charge in [0.25, 0.3) is 0 Å². The van der Waals surface area contributed by atoms with Crippen LogP contribution < -0.4 is 14.8 Å². The average Bonchev–Trinajstić information content (AvgIpc) is 2.98. The van der Waals surface area contributed by atoms with E-state index in [0.717, 1.165) is 24.6 Å². The third kappa shape index (κ3) is 3.04. The highest BCUT2D eigenvalue weighted by molar-refractivity contribution is 5.79. The number of amides is 1. The summed E-state index contributed by atoms with van der Waals surface area (Å²) < 4.78 is 11.7. The highest BCUT2D eigenvalue weighted by atomic mass is 16.6. The van der Waals surface area contributed by atoms with Crippen LogP contribution in [0.25, 0.3) is 0 Å². The van der Waals surface area contributed by atoms with Crippen molar-refractivity contribution < 1.29 is 14.3 Å². The molecule has 0 radical (unpaired) electrons. The molecule has 0 aliphatic carbocycles. The molecule has 0 spiro atoms. The Morgan fingerprint density at radius 2 is 2.09 bits per heavy atom. The number of benzene rings is 1. The molecule has 120 valence electrons. The Hall–Kier alpha value is -1.75. The molecular formula is C17H24N2O3. The first-order chi connectivity index (χ1) is 10.7. The van der Waals surface area contributed by atoms with Crippen molar-refractivity contribution in [2.45, 2.75) is 20.0 Å². The van der Waals surface area contributed by atoms with Crippen molar-refractivity contribution in [1.82, 2.24) is 10.2 Å². The minimum atomic E-state index is -0.108. The smallest absolute Gasteiger partial charge is 0.227 e. The van der Waals surface area contributed by atoms with Gasteiger partial charge in [-0.15, -0.1) is 0 Å². The zero-order valence-electron chi connectivity index (χ0n) is 13.2. The molecule has 2 aliphatic heterocycles. The molecule has 3 atom stereocenters. The third-order valence-electron chi connectivity index (χ3n) is 4.52. The van der Waals surface area contributed by atoms with E-state index in [-0.39, 0.29) is 17.9 Å². The van der Waals surface area contributed by atoms with Crippen LogP contribution in [0.3, 0.4) is 0 Å². The van der Waals surface area contributed by atoms with Gasteiger partial charge in [0, 0.05) is 13.1 Å². The van der Waals surface area contributed by atoms with Crippen LogP contribution in [0.15, 0.2) is 24.3 Å². The first kappa shape index (κ1) is 15.2. The van der Waals surface area contributed by atoms with Crippen molar-refractivity contribution in [1.29, 1.82) is 0 Å². The molecule has 5 nitrogen and oxygen atoms in total. The van der Waals surface area contributed by atoms with Gasteiger partial charge in [-0.3, -0.25) is 4.79 Å². The molecule has 3 rings (SSSR count). The van der Waals surface area contributed by atoms with Crippen LogP contribution >= 0.6 is 0 Å². The summed E-state index contributed by atoms with van der Waals surface area (Å²) in [6.45, 7) is 7.61. The highest BCUT2D eigenvalue weighted by Crippen LogP contribution is 2.31. The fourth-order valence-corrected chi connectivity index (χ4v) is 3.15. The maximum absolute atomic E-state index is 12.7. The Labute approximate surface area is 131 Å². The van der Waals surface area contributed by atoms with Crippen LogP contribution in [0, 0.1) is 11.8 Å². The lowest BCUT2D eigenvalue weighted by atomic mass is 9.96. The monoisotopic (exact) mass is 304 g/mol. The maximum Gasteiger partial charge on any atom is 0.227 e. The van der Waals surface area contributed by atoms with Crippen LogP contribution in [0.1, 0.15) is 13.8 Å². The summed E-state index contributed by atoms with van der Waals surface area (Å²) in [4.78, 5) is 14.6. The van der Waals surface area contributed by atoms with Gasteiger partial charge < -0.3 is 19.7 Å². The first-order valence-electron chi connectivity index (χ1n) is 8.07. The molecule has 1 saturated heterocycles. The van der Waals surface area contributed by atoms with Gasteiger partial charge in [0.2, 0.25) is 5.91 Å². The lowest BCUT2D eigenvalue weighted by molar-refractivity contribution is -0.137. The predicted molar refractivity (Wildman–Crippen MR) is 84.1 cm³/mol. The van der Waals surface area contributed by atoms with Gasteiger partial charge in [0.1, 0.15) is 6.61 Å². The summed E-state index contributed by atoms with van der Waals surface area (Å²) in [5, 5.41) is 3.30. The summed E-state index contributed by atoms with van der Waals surface area (Å²) >= 11 is 0. The molecule has 2 heterocycles. The molecule has 1 fully saturated rings. The molecular weight excluding hydrogens is 280 g/mol. The number of nitrogens with one attached hydrogen (secondary N) is 1. The van der Waals surface area contributed by atoms with Crippen molar-refractivity contribution >= 4 is 5.91 Å². The Morgan fingerprint density at radius 1 is 1.32 bits per heavy atom. The van der Waals surface area contributed by atoms with E-state index in [1.54, 1.807) is 0 Å². The number of nitrogens with zero attached hydrogens (tertiary/aromatic N) is 1. The van der Waals surface area contributed by atoms with Gasteiger partial charge in [0.05, 0.1) is 12.5 Å². The molecule has 1 aromatic rings. The van der Waals surface area contributed by atoms with Crippen molar-refractivity contribution in [3.05, 3.63) is 24.3 Å². The minimum Gasteiger partial charge on any atom is -0.486 e. The Balaban J connectivity index is 1.63. The SMILES string of the molecule is CCN(CC1COc2ccccc2O1)C(=O)[C@@H]1CNC[C@H]1C. The summed E-state index contributed by atoms with van der Waals surface area (Å²) in [6.07, 6.45) is -0.108. The van der Waals surface area contributed by atoms with Gasteiger partial charge in [-0.25, -0.2) is 0 Å². The second-order valence-electron chi connectivity index (χ2n) is 6.12. The molecule has 2 aliphatic rings. The zero-order chi connectivity index (χ0) is 15.5. The number of likely N-dealkylation sites (N-methyl/N-ethyl adjacent to an activating group) is 1. The largest absolute Gasteiger partial charge is 0.486 e. The molecule has 0 bridgehead atoms. The lowest BCUT2D eigenvalue weighted by Crippen LogP contribution is -2.46. The van der Waals surface area contributed by atoms with Crippen molar-refractivity contribution in [3.8, 4) is 11.5 Å². The molecule has 0 aromatic heterocycles. The standard InChI is InChI=1S/C17H24N2O3/c1-3-19(17(20)14-9-18-8-12(14)2)10-13-11-21-15-6-4-5-7-16(15)22-13/h4-7,12-14,18H,3,8-11H2,1-2H3/t12-,13?,14-/m1/s1. The fraction of sp³-hybridized carbons (Fsp3) is 0.588. The van der Waals surface area contributed by atoms with E-state index in [2.05, 4.69) is 12.2 Å². The predicted octanol–water partition coefficient (Wildman–Crippen LogP) is 1.53. The molecule has 1 amide bonds. The molecule has 1 N–H and O–H groups in total. The van der Waals surface area contributed by atoms with E-state index < -0.39 is 0 Å². The van der Waals surface area contributed by atoms with E-state index >= 15 is 0 Å². The van der Waals surface area contributed by atoms with Gasteiger partial charge in [-0.05, 0) is 31.5 Å². The van der Waals surface area contributed by atoms with Crippen LogP contribution in [-0.4, -0.2) is 49.7 Å². The summed E-state index contributed by atoms with van der Waals surface area (Å²) in [5.41, 5.74) is 0. The van der Waals surface area contributed by atoms with Crippen LogP contribution in [0.5, 0.6) is 11.5 Å². The molecule has 5 heteroatoms. The summed E-state index contributed by atoms with van der Waals surface area (Å²) in [7, 11) is 0. The average molecular weight is 304 g/mol. The Bertz CT molecular complexity index is 534. The summed E-state index contributed by atoms with van der Waals surface area (Å²) in [6, 6.07) is 7.67. The van der Waals surface area contributed by atoms with Crippen molar-refractivity contribution in [2.75, 3.05) is 32.8 Å². The molecule has 22 heavy (non-hydrogen) atoms. The first-order valence-corrected chi connectivity index (χ1v) is 8.07. The number of rotatable bonds is 4. The number of ether oxygens (including phenoxy) is 2. The van der Waals surface area contributed by atoms with Gasteiger partial charge in [0.15, 0.2) is 17.6 Å². The van der Waals surface area contributed by atoms with Crippen LogP contribution in [0.2, 0.25) is 0 Å². The fourth-order valence-electron chi connectivity index (χ4n) is 3.15.